The standard InChI is InChI=1S/C26H32N6O2/c1-18-8-7-9-21(16-18)17-23(34)28-13-15-30-25-19(2)24(29-14-12-27-20(3)33)31-26(32-25)22-10-5-4-6-11-22/h4-11,16H,12-15,17H2,1-3H3,(H,27,33)(H,28,34)(H2,29,30,31,32). The van der Waals surface area contributed by atoms with Crippen LogP contribution in [0.25, 0.3) is 11.4 Å². The lowest BCUT2D eigenvalue weighted by Crippen LogP contribution is -2.30. The fraction of sp³-hybridized carbons (Fsp3) is 0.308. The first kappa shape index (κ1) is 24.7. The quantitative estimate of drug-likeness (QED) is 0.328. The molecule has 0 aliphatic heterocycles. The van der Waals surface area contributed by atoms with Gasteiger partial charge in [-0.2, -0.15) is 0 Å². The molecular weight excluding hydrogens is 428 g/mol. The third kappa shape index (κ3) is 7.58. The molecule has 0 fully saturated rings. The van der Waals surface area contributed by atoms with Crippen molar-refractivity contribution in [1.29, 1.82) is 0 Å². The van der Waals surface area contributed by atoms with Gasteiger partial charge in [-0.3, -0.25) is 9.59 Å². The van der Waals surface area contributed by atoms with E-state index in [4.69, 9.17) is 4.98 Å². The van der Waals surface area contributed by atoms with Gasteiger partial charge in [-0.15, -0.1) is 0 Å². The molecule has 178 valence electrons. The average Bonchev–Trinajstić information content (AvgIpc) is 2.81. The molecule has 3 aromatic rings. The number of anilines is 2. The zero-order valence-corrected chi connectivity index (χ0v) is 19.9. The Morgan fingerprint density at radius 2 is 1.44 bits per heavy atom. The second kappa shape index (κ2) is 12.3. The molecule has 34 heavy (non-hydrogen) atoms. The summed E-state index contributed by atoms with van der Waals surface area (Å²) >= 11 is 0. The van der Waals surface area contributed by atoms with E-state index in [1.54, 1.807) is 0 Å². The number of carbonyl (C=O) groups is 2. The summed E-state index contributed by atoms with van der Waals surface area (Å²) in [6.07, 6.45) is 0.356. The topological polar surface area (TPSA) is 108 Å². The number of rotatable bonds is 11. The van der Waals surface area contributed by atoms with Crippen LogP contribution in [-0.2, 0) is 16.0 Å². The van der Waals surface area contributed by atoms with E-state index in [-0.39, 0.29) is 11.8 Å². The Labute approximate surface area is 200 Å². The second-order valence-corrected chi connectivity index (χ2v) is 8.09. The molecule has 3 rings (SSSR count). The van der Waals surface area contributed by atoms with Gasteiger partial charge in [0.2, 0.25) is 11.8 Å². The molecule has 0 radical (unpaired) electrons. The maximum Gasteiger partial charge on any atom is 0.224 e. The highest BCUT2D eigenvalue weighted by atomic mass is 16.2. The summed E-state index contributed by atoms with van der Waals surface area (Å²) in [5, 5.41) is 12.3. The number of hydrogen-bond acceptors (Lipinski definition) is 6. The van der Waals surface area contributed by atoms with Gasteiger partial charge in [0.1, 0.15) is 11.6 Å². The lowest BCUT2D eigenvalue weighted by Gasteiger charge is -2.16. The van der Waals surface area contributed by atoms with Gasteiger partial charge < -0.3 is 21.3 Å². The van der Waals surface area contributed by atoms with Crippen LogP contribution in [0.2, 0.25) is 0 Å². The van der Waals surface area contributed by atoms with E-state index < -0.39 is 0 Å². The average molecular weight is 461 g/mol. The van der Waals surface area contributed by atoms with Crippen LogP contribution in [0.5, 0.6) is 0 Å². The highest BCUT2D eigenvalue weighted by Gasteiger charge is 2.12. The Balaban J connectivity index is 1.62. The first-order valence-corrected chi connectivity index (χ1v) is 11.4. The predicted octanol–water partition coefficient (Wildman–Crippen LogP) is 3.08. The Bertz CT molecular complexity index is 1120. The summed E-state index contributed by atoms with van der Waals surface area (Å²) in [5.74, 6) is 1.91. The monoisotopic (exact) mass is 460 g/mol. The van der Waals surface area contributed by atoms with Crippen molar-refractivity contribution in [3.05, 3.63) is 71.3 Å². The van der Waals surface area contributed by atoms with E-state index in [9.17, 15) is 9.59 Å². The molecule has 0 atom stereocenters. The van der Waals surface area contributed by atoms with E-state index in [2.05, 4.69) is 26.3 Å². The molecule has 1 aromatic heterocycles. The number of hydrogen-bond donors (Lipinski definition) is 4. The van der Waals surface area contributed by atoms with E-state index >= 15 is 0 Å². The van der Waals surface area contributed by atoms with Crippen LogP contribution in [0.15, 0.2) is 54.6 Å². The van der Waals surface area contributed by atoms with Gasteiger partial charge in [0, 0.05) is 44.2 Å². The Morgan fingerprint density at radius 3 is 2.06 bits per heavy atom. The summed E-state index contributed by atoms with van der Waals surface area (Å²) in [6.45, 7) is 7.48. The molecule has 0 aliphatic carbocycles. The third-order valence-corrected chi connectivity index (χ3v) is 5.16. The molecule has 8 heteroatoms. The third-order valence-electron chi connectivity index (χ3n) is 5.16. The van der Waals surface area contributed by atoms with Crippen LogP contribution in [-0.4, -0.2) is 48.0 Å². The van der Waals surface area contributed by atoms with Gasteiger partial charge in [0.15, 0.2) is 5.82 Å². The molecule has 0 saturated heterocycles. The molecule has 8 nitrogen and oxygen atoms in total. The smallest absolute Gasteiger partial charge is 0.224 e. The largest absolute Gasteiger partial charge is 0.368 e. The zero-order valence-electron chi connectivity index (χ0n) is 19.9. The van der Waals surface area contributed by atoms with Crippen LogP contribution in [0, 0.1) is 13.8 Å². The molecule has 0 bridgehead atoms. The highest BCUT2D eigenvalue weighted by molar-refractivity contribution is 5.78. The summed E-state index contributed by atoms with van der Waals surface area (Å²) < 4.78 is 0. The maximum atomic E-state index is 12.3. The highest BCUT2D eigenvalue weighted by Crippen LogP contribution is 2.24. The van der Waals surface area contributed by atoms with Crippen molar-refractivity contribution in [1.82, 2.24) is 20.6 Å². The number of carbonyl (C=O) groups excluding carboxylic acids is 2. The van der Waals surface area contributed by atoms with Gasteiger partial charge in [-0.05, 0) is 19.4 Å². The molecule has 1 heterocycles. The molecule has 0 saturated carbocycles. The van der Waals surface area contributed by atoms with Crippen molar-refractivity contribution >= 4 is 23.5 Å². The van der Waals surface area contributed by atoms with Crippen molar-refractivity contribution in [2.75, 3.05) is 36.8 Å². The van der Waals surface area contributed by atoms with Crippen LogP contribution in [0.3, 0.4) is 0 Å². The molecule has 0 spiro atoms. The first-order chi connectivity index (χ1) is 16.4. The Hall–Kier alpha value is -3.94. The fourth-order valence-electron chi connectivity index (χ4n) is 3.45. The van der Waals surface area contributed by atoms with Crippen LogP contribution in [0.4, 0.5) is 11.6 Å². The van der Waals surface area contributed by atoms with Crippen molar-refractivity contribution in [3.63, 3.8) is 0 Å². The Morgan fingerprint density at radius 1 is 0.794 bits per heavy atom. The minimum absolute atomic E-state index is 0.0166. The minimum atomic E-state index is -0.0713. The van der Waals surface area contributed by atoms with Crippen molar-refractivity contribution in [3.8, 4) is 11.4 Å². The normalized spacial score (nSPS) is 10.4. The SMILES string of the molecule is CC(=O)NCCNc1nc(-c2ccccc2)nc(NCCNC(=O)Cc2cccc(C)c2)c1C. The van der Waals surface area contributed by atoms with Gasteiger partial charge in [-0.25, -0.2) is 9.97 Å². The first-order valence-electron chi connectivity index (χ1n) is 11.4. The van der Waals surface area contributed by atoms with Gasteiger partial charge in [0.25, 0.3) is 0 Å². The Kier molecular flexibility index (Phi) is 8.96. The van der Waals surface area contributed by atoms with E-state index in [1.165, 1.54) is 6.92 Å². The predicted molar refractivity (Wildman–Crippen MR) is 136 cm³/mol. The zero-order chi connectivity index (χ0) is 24.3. The lowest BCUT2D eigenvalue weighted by molar-refractivity contribution is -0.120. The van der Waals surface area contributed by atoms with Crippen molar-refractivity contribution in [2.45, 2.75) is 27.2 Å². The van der Waals surface area contributed by atoms with Gasteiger partial charge in [0.05, 0.1) is 6.42 Å². The summed E-state index contributed by atoms with van der Waals surface area (Å²) in [6, 6.07) is 17.7. The van der Waals surface area contributed by atoms with Crippen LogP contribution in [0.1, 0.15) is 23.6 Å². The van der Waals surface area contributed by atoms with Crippen molar-refractivity contribution < 1.29 is 9.59 Å². The number of nitrogens with zero attached hydrogens (tertiary/aromatic N) is 2. The fourth-order valence-corrected chi connectivity index (χ4v) is 3.45. The van der Waals surface area contributed by atoms with Gasteiger partial charge >= 0.3 is 0 Å². The minimum Gasteiger partial charge on any atom is -0.368 e. The van der Waals surface area contributed by atoms with E-state index in [0.29, 0.717) is 50.1 Å². The van der Waals surface area contributed by atoms with E-state index in [0.717, 1.165) is 22.3 Å². The molecule has 0 aliphatic rings. The lowest BCUT2D eigenvalue weighted by atomic mass is 10.1. The summed E-state index contributed by atoms with van der Waals surface area (Å²) in [5.41, 5.74) is 3.91. The molecule has 2 aromatic carbocycles. The number of aryl methyl sites for hydroxylation is 1. The number of nitrogens with one attached hydrogen (secondary N) is 4. The number of amides is 2. The molecule has 0 unspecified atom stereocenters. The molecule has 4 N–H and O–H groups in total. The maximum absolute atomic E-state index is 12.3. The van der Waals surface area contributed by atoms with Crippen LogP contribution >= 0.6 is 0 Å². The number of aromatic nitrogens is 2. The molecular formula is C26H32N6O2. The van der Waals surface area contributed by atoms with Crippen molar-refractivity contribution in [2.24, 2.45) is 0 Å². The second-order valence-electron chi connectivity index (χ2n) is 8.09. The summed E-state index contributed by atoms with van der Waals surface area (Å²) in [7, 11) is 0. The van der Waals surface area contributed by atoms with E-state index in [1.807, 2.05) is 68.4 Å². The van der Waals surface area contributed by atoms with Crippen LogP contribution < -0.4 is 21.3 Å². The van der Waals surface area contributed by atoms with Gasteiger partial charge in [-0.1, -0.05) is 60.2 Å². The molecule has 2 amide bonds. The summed E-state index contributed by atoms with van der Waals surface area (Å²) in [4.78, 5) is 32.8. The number of benzene rings is 2.